The third-order valence-electron chi connectivity index (χ3n) is 2.97. The summed E-state index contributed by atoms with van der Waals surface area (Å²) in [6, 6.07) is 7.13. The fourth-order valence-corrected chi connectivity index (χ4v) is 2.20. The van der Waals surface area contributed by atoms with E-state index in [1.807, 2.05) is 0 Å². The van der Waals surface area contributed by atoms with Crippen molar-refractivity contribution >= 4 is 22.5 Å². The average molecular weight is 206 g/mol. The fraction of sp³-hybridized carbons (Fsp3) is 0.333. The Kier molecular flexibility index (Phi) is 1.65. The number of nitrogens with zero attached hydrogens (tertiary/aromatic N) is 1. The van der Waals surface area contributed by atoms with Gasteiger partial charge in [-0.1, -0.05) is 17.7 Å². The molecule has 1 fully saturated rings. The van der Waals surface area contributed by atoms with Crippen LogP contribution in [0.5, 0.6) is 0 Å². The summed E-state index contributed by atoms with van der Waals surface area (Å²) in [6.45, 7) is 2.05. The minimum absolute atomic E-state index is 0.728. The molecule has 1 aromatic carbocycles. The second-order valence-corrected chi connectivity index (χ2v) is 4.46. The van der Waals surface area contributed by atoms with Gasteiger partial charge in [-0.25, -0.2) is 0 Å². The van der Waals surface area contributed by atoms with Gasteiger partial charge < -0.3 is 4.57 Å². The van der Waals surface area contributed by atoms with E-state index in [2.05, 4.69) is 35.9 Å². The van der Waals surface area contributed by atoms with Crippen LogP contribution in [0.3, 0.4) is 0 Å². The Morgan fingerprint density at radius 1 is 1.29 bits per heavy atom. The van der Waals surface area contributed by atoms with Crippen LogP contribution in [0.1, 0.15) is 24.4 Å². The Morgan fingerprint density at radius 2 is 2.07 bits per heavy atom. The molecule has 14 heavy (non-hydrogen) atoms. The largest absolute Gasteiger partial charge is 0.344 e. The van der Waals surface area contributed by atoms with E-state index in [4.69, 9.17) is 11.6 Å². The molecule has 3 rings (SSSR count). The molecular weight excluding hydrogens is 194 g/mol. The van der Waals surface area contributed by atoms with Crippen molar-refractivity contribution in [3.8, 4) is 0 Å². The maximum atomic E-state index is 6.25. The van der Waals surface area contributed by atoms with E-state index in [-0.39, 0.29) is 0 Å². The quantitative estimate of drug-likeness (QED) is 0.665. The molecular formula is C12H12ClN. The molecule has 0 atom stereocenters. The predicted molar refractivity (Wildman–Crippen MR) is 60.0 cm³/mol. The molecule has 1 aliphatic rings. The third-order valence-corrected chi connectivity index (χ3v) is 3.47. The molecule has 1 nitrogen and oxygen atoms in total. The van der Waals surface area contributed by atoms with Gasteiger partial charge in [0.05, 0.1) is 5.02 Å². The molecule has 2 aromatic rings. The minimum atomic E-state index is 0.728. The van der Waals surface area contributed by atoms with Crippen LogP contribution in [0.25, 0.3) is 10.9 Å². The summed E-state index contributed by atoms with van der Waals surface area (Å²) < 4.78 is 2.35. The molecule has 2 heteroatoms. The molecule has 0 unspecified atom stereocenters. The SMILES string of the molecule is Cc1ccc2c(ccn2C2CC2)c1Cl. The van der Waals surface area contributed by atoms with Crippen molar-refractivity contribution in [2.45, 2.75) is 25.8 Å². The Bertz CT molecular complexity index is 494. The highest BCUT2D eigenvalue weighted by Gasteiger charge is 2.24. The molecule has 1 aromatic heterocycles. The molecule has 72 valence electrons. The third kappa shape index (κ3) is 1.09. The monoisotopic (exact) mass is 205 g/mol. The van der Waals surface area contributed by atoms with Gasteiger partial charge in [-0.3, -0.25) is 0 Å². The average Bonchev–Trinajstić information content (AvgIpc) is 2.93. The molecule has 0 N–H and O–H groups in total. The van der Waals surface area contributed by atoms with Crippen LogP contribution in [0.15, 0.2) is 24.4 Å². The summed E-state index contributed by atoms with van der Waals surface area (Å²) in [5.74, 6) is 0. The minimum Gasteiger partial charge on any atom is -0.344 e. The van der Waals surface area contributed by atoms with Crippen molar-refractivity contribution in [1.29, 1.82) is 0 Å². The van der Waals surface area contributed by atoms with E-state index < -0.39 is 0 Å². The van der Waals surface area contributed by atoms with Gasteiger partial charge in [0.25, 0.3) is 0 Å². The Labute approximate surface area is 88.3 Å². The normalized spacial score (nSPS) is 16.4. The van der Waals surface area contributed by atoms with Crippen LogP contribution in [-0.2, 0) is 0 Å². The lowest BCUT2D eigenvalue weighted by molar-refractivity contribution is 0.776. The van der Waals surface area contributed by atoms with E-state index >= 15 is 0 Å². The van der Waals surface area contributed by atoms with Crippen LogP contribution in [0.4, 0.5) is 0 Å². The molecule has 0 amide bonds. The summed E-state index contributed by atoms with van der Waals surface area (Å²) in [7, 11) is 0. The van der Waals surface area contributed by atoms with Crippen molar-refractivity contribution < 1.29 is 0 Å². The zero-order chi connectivity index (χ0) is 9.71. The molecule has 0 saturated heterocycles. The zero-order valence-corrected chi connectivity index (χ0v) is 8.88. The number of fused-ring (bicyclic) bond motifs is 1. The summed E-state index contributed by atoms with van der Waals surface area (Å²) in [6.07, 6.45) is 4.79. The second-order valence-electron chi connectivity index (χ2n) is 4.08. The molecule has 0 spiro atoms. The van der Waals surface area contributed by atoms with E-state index in [1.54, 1.807) is 0 Å². The van der Waals surface area contributed by atoms with E-state index in [9.17, 15) is 0 Å². The van der Waals surface area contributed by atoms with Gasteiger partial charge in [-0.2, -0.15) is 0 Å². The van der Waals surface area contributed by atoms with Crippen LogP contribution >= 0.6 is 11.6 Å². The van der Waals surface area contributed by atoms with Gasteiger partial charge in [-0.05, 0) is 37.5 Å². The molecule has 0 aliphatic heterocycles. The molecule has 1 heterocycles. The smallest absolute Gasteiger partial charge is 0.0529 e. The van der Waals surface area contributed by atoms with Crippen molar-refractivity contribution in [3.05, 3.63) is 35.0 Å². The van der Waals surface area contributed by atoms with Gasteiger partial charge in [0, 0.05) is 23.1 Å². The van der Waals surface area contributed by atoms with Crippen LogP contribution in [0, 0.1) is 6.92 Å². The van der Waals surface area contributed by atoms with Gasteiger partial charge in [0.1, 0.15) is 0 Å². The number of aromatic nitrogens is 1. The zero-order valence-electron chi connectivity index (χ0n) is 8.13. The first-order valence-corrected chi connectivity index (χ1v) is 5.41. The Balaban J connectivity index is 2.31. The highest BCUT2D eigenvalue weighted by atomic mass is 35.5. The number of rotatable bonds is 1. The summed E-state index contributed by atoms with van der Waals surface area (Å²) >= 11 is 6.25. The van der Waals surface area contributed by atoms with Crippen LogP contribution in [0.2, 0.25) is 5.02 Å². The lowest BCUT2D eigenvalue weighted by Crippen LogP contribution is -1.90. The lowest BCUT2D eigenvalue weighted by Gasteiger charge is -2.04. The topological polar surface area (TPSA) is 4.93 Å². The number of hydrogen-bond acceptors (Lipinski definition) is 0. The maximum Gasteiger partial charge on any atom is 0.0529 e. The van der Waals surface area contributed by atoms with E-state index in [0.29, 0.717) is 0 Å². The first-order chi connectivity index (χ1) is 6.77. The number of benzene rings is 1. The van der Waals surface area contributed by atoms with Crippen molar-refractivity contribution in [1.82, 2.24) is 4.57 Å². The van der Waals surface area contributed by atoms with Gasteiger partial charge in [0.15, 0.2) is 0 Å². The lowest BCUT2D eigenvalue weighted by atomic mass is 10.2. The fourth-order valence-electron chi connectivity index (χ4n) is 1.98. The Hall–Kier alpha value is -0.950. The molecule has 0 bridgehead atoms. The number of aryl methyl sites for hydroxylation is 1. The van der Waals surface area contributed by atoms with Gasteiger partial charge in [0.2, 0.25) is 0 Å². The van der Waals surface area contributed by atoms with Crippen LogP contribution < -0.4 is 0 Å². The molecule has 0 radical (unpaired) electrons. The highest BCUT2D eigenvalue weighted by Crippen LogP contribution is 2.39. The van der Waals surface area contributed by atoms with Crippen molar-refractivity contribution in [2.75, 3.05) is 0 Å². The number of halogens is 1. The predicted octanol–water partition coefficient (Wildman–Crippen LogP) is 3.94. The Morgan fingerprint density at radius 3 is 2.79 bits per heavy atom. The van der Waals surface area contributed by atoms with Gasteiger partial charge in [-0.15, -0.1) is 0 Å². The van der Waals surface area contributed by atoms with E-state index in [1.165, 1.54) is 23.7 Å². The standard InChI is InChI=1S/C12H12ClN/c1-8-2-5-11-10(12(8)13)6-7-14(11)9-3-4-9/h2,5-7,9H,3-4H2,1H3. The summed E-state index contributed by atoms with van der Waals surface area (Å²) in [5.41, 5.74) is 2.44. The maximum absolute atomic E-state index is 6.25. The summed E-state index contributed by atoms with van der Waals surface area (Å²) in [5, 5.41) is 2.10. The molecule has 1 saturated carbocycles. The second kappa shape index (κ2) is 2.77. The summed E-state index contributed by atoms with van der Waals surface area (Å²) in [4.78, 5) is 0. The highest BCUT2D eigenvalue weighted by molar-refractivity contribution is 6.36. The van der Waals surface area contributed by atoms with Crippen molar-refractivity contribution in [2.24, 2.45) is 0 Å². The van der Waals surface area contributed by atoms with Crippen molar-refractivity contribution in [3.63, 3.8) is 0 Å². The van der Waals surface area contributed by atoms with E-state index in [0.717, 1.165) is 16.6 Å². The first kappa shape index (κ1) is 8.37. The van der Waals surface area contributed by atoms with Gasteiger partial charge >= 0.3 is 0 Å². The molecule has 1 aliphatic carbocycles. The first-order valence-electron chi connectivity index (χ1n) is 5.03. The van der Waals surface area contributed by atoms with Crippen LogP contribution in [-0.4, -0.2) is 4.57 Å². The number of hydrogen-bond donors (Lipinski definition) is 0.